The number of carbonyl (C=O) groups is 1. The first-order chi connectivity index (χ1) is 9.34. The van der Waals surface area contributed by atoms with Crippen LogP contribution < -0.4 is 5.73 Å². The molecule has 1 saturated carbocycles. The predicted molar refractivity (Wildman–Crippen MR) is 82.9 cm³/mol. The van der Waals surface area contributed by atoms with Gasteiger partial charge in [-0.1, -0.05) is 35.7 Å². The molecular weight excluding hydrogens is 295 g/mol. The zero-order chi connectivity index (χ0) is 14.9. The summed E-state index contributed by atoms with van der Waals surface area (Å²) < 4.78 is 0. The standard InChI is InChI=1S/C15H20Cl2N2O/c1-15(7-3-4-13(15)18)14(20)19(2)9-10-5-6-11(16)12(17)8-10/h5-6,8,13H,3-4,7,9,18H2,1-2H3. The summed E-state index contributed by atoms with van der Waals surface area (Å²) in [6.45, 7) is 2.48. The smallest absolute Gasteiger partial charge is 0.230 e. The van der Waals surface area contributed by atoms with Gasteiger partial charge in [-0.25, -0.2) is 0 Å². The molecule has 3 nitrogen and oxygen atoms in total. The first-order valence-corrected chi connectivity index (χ1v) is 7.55. The minimum Gasteiger partial charge on any atom is -0.341 e. The molecule has 0 heterocycles. The average Bonchev–Trinajstić information content (AvgIpc) is 2.74. The molecule has 0 saturated heterocycles. The van der Waals surface area contributed by atoms with Crippen LogP contribution in [0.3, 0.4) is 0 Å². The summed E-state index contributed by atoms with van der Waals surface area (Å²) >= 11 is 11.9. The highest BCUT2D eigenvalue weighted by molar-refractivity contribution is 6.42. The number of carbonyl (C=O) groups excluding carboxylic acids is 1. The number of amides is 1. The lowest BCUT2D eigenvalue weighted by Gasteiger charge is -2.32. The summed E-state index contributed by atoms with van der Waals surface area (Å²) in [6.07, 6.45) is 2.80. The Morgan fingerprint density at radius 1 is 1.45 bits per heavy atom. The summed E-state index contributed by atoms with van der Waals surface area (Å²) in [5.41, 5.74) is 6.63. The van der Waals surface area contributed by atoms with Gasteiger partial charge in [0.2, 0.25) is 5.91 Å². The van der Waals surface area contributed by atoms with E-state index in [4.69, 9.17) is 28.9 Å². The fourth-order valence-corrected chi connectivity index (χ4v) is 3.20. The highest BCUT2D eigenvalue weighted by Crippen LogP contribution is 2.38. The minimum atomic E-state index is -0.440. The van der Waals surface area contributed by atoms with Crippen LogP contribution in [0, 0.1) is 5.41 Å². The molecule has 5 heteroatoms. The SMILES string of the molecule is CN(Cc1ccc(Cl)c(Cl)c1)C(=O)C1(C)CCCC1N. The van der Waals surface area contributed by atoms with Crippen molar-refractivity contribution < 1.29 is 4.79 Å². The van der Waals surface area contributed by atoms with Crippen LogP contribution in [0.1, 0.15) is 31.7 Å². The number of benzene rings is 1. The van der Waals surface area contributed by atoms with E-state index in [1.54, 1.807) is 24.1 Å². The Morgan fingerprint density at radius 2 is 2.15 bits per heavy atom. The van der Waals surface area contributed by atoms with Gasteiger partial charge in [-0.15, -0.1) is 0 Å². The van der Waals surface area contributed by atoms with E-state index in [0.717, 1.165) is 24.8 Å². The Labute approximate surface area is 130 Å². The van der Waals surface area contributed by atoms with Gasteiger partial charge in [0.25, 0.3) is 0 Å². The van der Waals surface area contributed by atoms with E-state index < -0.39 is 5.41 Å². The Kier molecular flexibility index (Phi) is 4.62. The minimum absolute atomic E-state index is 0.0498. The molecule has 0 spiro atoms. The zero-order valence-electron chi connectivity index (χ0n) is 11.8. The second-order valence-electron chi connectivity index (χ2n) is 5.83. The lowest BCUT2D eigenvalue weighted by Crippen LogP contribution is -2.47. The van der Waals surface area contributed by atoms with Crippen LogP contribution in [0.4, 0.5) is 0 Å². The highest BCUT2D eigenvalue weighted by Gasteiger charge is 2.44. The quantitative estimate of drug-likeness (QED) is 0.928. The molecule has 2 unspecified atom stereocenters. The van der Waals surface area contributed by atoms with Gasteiger partial charge in [0, 0.05) is 19.6 Å². The van der Waals surface area contributed by atoms with Gasteiger partial charge in [0.05, 0.1) is 15.5 Å². The predicted octanol–water partition coefficient (Wildman–Crippen LogP) is 3.47. The highest BCUT2D eigenvalue weighted by atomic mass is 35.5. The molecule has 1 fully saturated rings. The fraction of sp³-hybridized carbons (Fsp3) is 0.533. The maximum Gasteiger partial charge on any atom is 0.230 e. The number of nitrogens with two attached hydrogens (primary N) is 1. The van der Waals surface area contributed by atoms with Crippen LogP contribution in [0.15, 0.2) is 18.2 Å². The normalized spacial score (nSPS) is 25.8. The third-order valence-electron chi connectivity index (χ3n) is 4.27. The second-order valence-corrected chi connectivity index (χ2v) is 6.64. The first-order valence-electron chi connectivity index (χ1n) is 6.79. The lowest BCUT2D eigenvalue weighted by atomic mass is 9.83. The van der Waals surface area contributed by atoms with Crippen LogP contribution in [0.2, 0.25) is 10.0 Å². The largest absolute Gasteiger partial charge is 0.341 e. The third kappa shape index (κ3) is 2.95. The number of rotatable bonds is 3. The monoisotopic (exact) mass is 314 g/mol. The summed E-state index contributed by atoms with van der Waals surface area (Å²) in [4.78, 5) is 14.3. The van der Waals surface area contributed by atoms with Crippen molar-refractivity contribution in [3.63, 3.8) is 0 Å². The van der Waals surface area contributed by atoms with Gasteiger partial charge in [0.15, 0.2) is 0 Å². The van der Waals surface area contributed by atoms with Gasteiger partial charge in [-0.2, -0.15) is 0 Å². The van der Waals surface area contributed by atoms with Crippen molar-refractivity contribution in [2.45, 2.75) is 38.8 Å². The van der Waals surface area contributed by atoms with Gasteiger partial charge in [-0.3, -0.25) is 4.79 Å². The van der Waals surface area contributed by atoms with Crippen molar-refractivity contribution in [2.75, 3.05) is 7.05 Å². The van der Waals surface area contributed by atoms with Crippen molar-refractivity contribution in [2.24, 2.45) is 11.1 Å². The fourth-order valence-electron chi connectivity index (χ4n) is 2.88. The van der Waals surface area contributed by atoms with Crippen LogP contribution in [0.25, 0.3) is 0 Å². The Balaban J connectivity index is 2.09. The van der Waals surface area contributed by atoms with E-state index in [0.29, 0.717) is 16.6 Å². The summed E-state index contributed by atoms with van der Waals surface area (Å²) in [5.74, 6) is 0.105. The average molecular weight is 315 g/mol. The Hall–Kier alpha value is -0.770. The van der Waals surface area contributed by atoms with Crippen LogP contribution in [0.5, 0.6) is 0 Å². The van der Waals surface area contributed by atoms with Crippen LogP contribution in [-0.4, -0.2) is 23.9 Å². The van der Waals surface area contributed by atoms with E-state index in [9.17, 15) is 4.79 Å². The number of hydrogen-bond acceptors (Lipinski definition) is 2. The molecular formula is C15H20Cl2N2O. The van der Waals surface area contributed by atoms with E-state index in [-0.39, 0.29) is 11.9 Å². The molecule has 1 aromatic carbocycles. The maximum atomic E-state index is 12.6. The Morgan fingerprint density at radius 3 is 2.70 bits per heavy atom. The molecule has 2 atom stereocenters. The zero-order valence-corrected chi connectivity index (χ0v) is 13.3. The molecule has 1 aromatic rings. The van der Waals surface area contributed by atoms with Gasteiger partial charge in [-0.05, 0) is 37.5 Å². The molecule has 1 aliphatic rings. The van der Waals surface area contributed by atoms with Gasteiger partial charge >= 0.3 is 0 Å². The van der Waals surface area contributed by atoms with Crippen molar-refractivity contribution in [3.8, 4) is 0 Å². The Bertz CT molecular complexity index is 521. The lowest BCUT2D eigenvalue weighted by molar-refractivity contribution is -0.140. The number of nitrogens with zero attached hydrogens (tertiary/aromatic N) is 1. The topological polar surface area (TPSA) is 46.3 Å². The van der Waals surface area contributed by atoms with Gasteiger partial charge < -0.3 is 10.6 Å². The van der Waals surface area contributed by atoms with Crippen LogP contribution in [-0.2, 0) is 11.3 Å². The molecule has 0 bridgehead atoms. The number of hydrogen-bond donors (Lipinski definition) is 1. The molecule has 110 valence electrons. The van der Waals surface area contributed by atoms with E-state index in [1.165, 1.54) is 0 Å². The molecule has 2 N–H and O–H groups in total. The molecule has 0 aliphatic heterocycles. The first kappa shape index (κ1) is 15.6. The second kappa shape index (κ2) is 5.92. The molecule has 0 radical (unpaired) electrons. The molecule has 1 amide bonds. The summed E-state index contributed by atoms with van der Waals surface area (Å²) in [7, 11) is 1.81. The summed E-state index contributed by atoms with van der Waals surface area (Å²) in [6, 6.07) is 5.38. The van der Waals surface area contributed by atoms with E-state index in [2.05, 4.69) is 0 Å². The molecule has 0 aromatic heterocycles. The van der Waals surface area contributed by atoms with Crippen molar-refractivity contribution in [1.82, 2.24) is 4.90 Å². The number of halogens is 2. The van der Waals surface area contributed by atoms with E-state index >= 15 is 0 Å². The molecule has 20 heavy (non-hydrogen) atoms. The van der Waals surface area contributed by atoms with E-state index in [1.807, 2.05) is 13.0 Å². The van der Waals surface area contributed by atoms with Crippen molar-refractivity contribution >= 4 is 29.1 Å². The molecule has 2 rings (SSSR count). The third-order valence-corrected chi connectivity index (χ3v) is 5.01. The summed E-state index contributed by atoms with van der Waals surface area (Å²) in [5, 5.41) is 1.03. The van der Waals surface area contributed by atoms with Crippen LogP contribution >= 0.6 is 23.2 Å². The van der Waals surface area contributed by atoms with Gasteiger partial charge in [0.1, 0.15) is 0 Å². The van der Waals surface area contributed by atoms with Crippen molar-refractivity contribution in [3.05, 3.63) is 33.8 Å². The molecule has 1 aliphatic carbocycles. The maximum absolute atomic E-state index is 12.6. The van der Waals surface area contributed by atoms with Crippen molar-refractivity contribution in [1.29, 1.82) is 0 Å².